The number of rotatable bonds is 8. The van der Waals surface area contributed by atoms with Crippen LogP contribution in [-0.2, 0) is 16.4 Å². The number of hydrogen-bond acceptors (Lipinski definition) is 4. The lowest BCUT2D eigenvalue weighted by molar-refractivity contribution is 0.517. The molecule has 0 aromatic carbocycles. The van der Waals surface area contributed by atoms with Crippen molar-refractivity contribution in [2.75, 3.05) is 6.54 Å². The van der Waals surface area contributed by atoms with Crippen LogP contribution in [0.5, 0.6) is 0 Å². The monoisotopic (exact) mass is 290 g/mol. The summed E-state index contributed by atoms with van der Waals surface area (Å²) >= 11 is 1.32. The van der Waals surface area contributed by atoms with Crippen molar-refractivity contribution in [2.24, 2.45) is 5.73 Å². The fraction of sp³-hybridized carbons (Fsp3) is 0.667. The van der Waals surface area contributed by atoms with E-state index in [1.165, 1.54) is 11.3 Å². The first-order chi connectivity index (χ1) is 8.53. The maximum Gasteiger partial charge on any atom is 0.250 e. The third-order valence-corrected chi connectivity index (χ3v) is 6.00. The molecule has 0 amide bonds. The fourth-order valence-corrected chi connectivity index (χ4v) is 4.24. The molecule has 1 heterocycles. The Labute approximate surface area is 114 Å². The van der Waals surface area contributed by atoms with Crippen LogP contribution in [0, 0.1) is 0 Å². The van der Waals surface area contributed by atoms with Gasteiger partial charge in [0.1, 0.15) is 4.21 Å². The van der Waals surface area contributed by atoms with E-state index in [9.17, 15) is 8.42 Å². The Morgan fingerprint density at radius 2 is 2.11 bits per heavy atom. The van der Waals surface area contributed by atoms with Gasteiger partial charge in [0.25, 0.3) is 0 Å². The number of sulfonamides is 1. The number of unbranched alkanes of at least 4 members (excludes halogenated alkanes) is 1. The van der Waals surface area contributed by atoms with Gasteiger partial charge in [-0.15, -0.1) is 11.3 Å². The second kappa shape index (κ2) is 7.23. The highest BCUT2D eigenvalue weighted by Gasteiger charge is 2.20. The number of aryl methyl sites for hydroxylation is 1. The van der Waals surface area contributed by atoms with E-state index in [4.69, 9.17) is 5.73 Å². The molecule has 0 aliphatic rings. The lowest BCUT2D eigenvalue weighted by Crippen LogP contribution is -2.39. The van der Waals surface area contributed by atoms with E-state index < -0.39 is 10.0 Å². The summed E-state index contributed by atoms with van der Waals surface area (Å²) in [5.41, 5.74) is 5.61. The number of thiophene rings is 1. The molecule has 1 atom stereocenters. The normalized spacial score (nSPS) is 13.7. The lowest BCUT2D eigenvalue weighted by atomic mass is 10.1. The first kappa shape index (κ1) is 15.6. The second-order valence-corrected chi connectivity index (χ2v) is 7.38. The van der Waals surface area contributed by atoms with Crippen molar-refractivity contribution in [2.45, 2.75) is 49.8 Å². The number of nitrogens with one attached hydrogen (secondary N) is 1. The zero-order chi connectivity index (χ0) is 13.6. The smallest absolute Gasteiger partial charge is 0.250 e. The van der Waals surface area contributed by atoms with Gasteiger partial charge in [-0.1, -0.05) is 26.7 Å². The molecule has 0 aliphatic carbocycles. The van der Waals surface area contributed by atoms with Crippen molar-refractivity contribution >= 4 is 21.4 Å². The minimum absolute atomic E-state index is 0.165. The average Bonchev–Trinajstić information content (AvgIpc) is 2.83. The van der Waals surface area contributed by atoms with Crippen LogP contribution in [0.25, 0.3) is 0 Å². The average molecular weight is 290 g/mol. The maximum absolute atomic E-state index is 12.1. The quantitative estimate of drug-likeness (QED) is 0.770. The maximum atomic E-state index is 12.1. The van der Waals surface area contributed by atoms with Crippen LogP contribution in [-0.4, -0.2) is 21.0 Å². The van der Waals surface area contributed by atoms with Crippen LogP contribution in [0.2, 0.25) is 0 Å². The SMILES string of the molecule is CCCCC(CN)NS(=O)(=O)c1ccc(CC)s1. The summed E-state index contributed by atoms with van der Waals surface area (Å²) in [5.74, 6) is 0. The Morgan fingerprint density at radius 1 is 1.39 bits per heavy atom. The highest BCUT2D eigenvalue weighted by molar-refractivity contribution is 7.91. The van der Waals surface area contributed by atoms with Crippen molar-refractivity contribution in [1.82, 2.24) is 4.72 Å². The molecule has 104 valence electrons. The summed E-state index contributed by atoms with van der Waals surface area (Å²) in [6, 6.07) is 3.37. The van der Waals surface area contributed by atoms with E-state index in [1.54, 1.807) is 6.07 Å². The molecule has 0 fully saturated rings. The van der Waals surface area contributed by atoms with E-state index >= 15 is 0 Å². The summed E-state index contributed by atoms with van der Waals surface area (Å²) in [6.07, 6.45) is 3.67. The highest BCUT2D eigenvalue weighted by Crippen LogP contribution is 2.22. The highest BCUT2D eigenvalue weighted by atomic mass is 32.2. The van der Waals surface area contributed by atoms with Crippen LogP contribution in [0.3, 0.4) is 0 Å². The predicted octanol–water partition coefficient (Wildman–Crippen LogP) is 2.11. The molecule has 0 spiro atoms. The van der Waals surface area contributed by atoms with Gasteiger partial charge in [0.15, 0.2) is 0 Å². The lowest BCUT2D eigenvalue weighted by Gasteiger charge is -2.15. The summed E-state index contributed by atoms with van der Waals surface area (Å²) in [5, 5.41) is 0. The first-order valence-electron chi connectivity index (χ1n) is 6.34. The summed E-state index contributed by atoms with van der Waals surface area (Å²) in [6.45, 7) is 4.43. The Hall–Kier alpha value is -0.430. The summed E-state index contributed by atoms with van der Waals surface area (Å²) in [4.78, 5) is 1.08. The molecular weight excluding hydrogens is 268 g/mol. The van der Waals surface area contributed by atoms with Crippen LogP contribution in [0.15, 0.2) is 16.3 Å². The molecular formula is C12H22N2O2S2. The van der Waals surface area contributed by atoms with E-state index in [2.05, 4.69) is 11.6 Å². The van der Waals surface area contributed by atoms with Crippen molar-refractivity contribution in [3.8, 4) is 0 Å². The van der Waals surface area contributed by atoms with Gasteiger partial charge in [0.2, 0.25) is 10.0 Å². The molecule has 1 aromatic heterocycles. The van der Waals surface area contributed by atoms with Crippen molar-refractivity contribution < 1.29 is 8.42 Å². The molecule has 0 aliphatic heterocycles. The van der Waals surface area contributed by atoms with Crippen LogP contribution in [0.1, 0.15) is 38.0 Å². The van der Waals surface area contributed by atoms with Gasteiger partial charge in [0.05, 0.1) is 0 Å². The zero-order valence-corrected chi connectivity index (χ0v) is 12.6. The third-order valence-electron chi connectivity index (χ3n) is 2.76. The van der Waals surface area contributed by atoms with Crippen molar-refractivity contribution in [1.29, 1.82) is 0 Å². The standard InChI is InChI=1S/C12H22N2O2S2/c1-3-5-6-10(9-13)14-18(15,16)12-8-7-11(4-2)17-12/h7-8,10,14H,3-6,9,13H2,1-2H3. The molecule has 0 radical (unpaired) electrons. The number of hydrogen-bond donors (Lipinski definition) is 2. The topological polar surface area (TPSA) is 72.2 Å². The molecule has 0 bridgehead atoms. The minimum Gasteiger partial charge on any atom is -0.329 e. The number of nitrogens with two attached hydrogens (primary N) is 1. The van der Waals surface area contributed by atoms with Crippen molar-refractivity contribution in [3.63, 3.8) is 0 Å². The molecule has 1 aromatic rings. The molecule has 18 heavy (non-hydrogen) atoms. The predicted molar refractivity (Wildman–Crippen MR) is 76.4 cm³/mol. The van der Waals surface area contributed by atoms with Gasteiger partial charge in [-0.25, -0.2) is 13.1 Å². The minimum atomic E-state index is -3.40. The second-order valence-electron chi connectivity index (χ2n) is 4.27. The molecule has 6 heteroatoms. The van der Waals surface area contributed by atoms with Crippen LogP contribution < -0.4 is 10.5 Å². The Balaban J connectivity index is 2.73. The molecule has 0 saturated carbocycles. The van der Waals surface area contributed by atoms with Gasteiger partial charge in [-0.05, 0) is 25.0 Å². The third kappa shape index (κ3) is 4.35. The molecule has 0 saturated heterocycles. The Bertz CT molecular complexity index is 454. The van der Waals surface area contributed by atoms with Gasteiger partial charge < -0.3 is 5.73 Å². The van der Waals surface area contributed by atoms with Crippen molar-refractivity contribution in [3.05, 3.63) is 17.0 Å². The van der Waals surface area contributed by atoms with Gasteiger partial charge in [-0.3, -0.25) is 0 Å². The van der Waals surface area contributed by atoms with E-state index in [1.807, 2.05) is 13.0 Å². The zero-order valence-electron chi connectivity index (χ0n) is 11.0. The summed E-state index contributed by atoms with van der Waals surface area (Å²) in [7, 11) is -3.40. The first-order valence-corrected chi connectivity index (χ1v) is 8.64. The largest absolute Gasteiger partial charge is 0.329 e. The Morgan fingerprint density at radius 3 is 2.61 bits per heavy atom. The van der Waals surface area contributed by atoms with Crippen LogP contribution >= 0.6 is 11.3 Å². The fourth-order valence-electron chi connectivity index (χ4n) is 1.65. The van der Waals surface area contributed by atoms with E-state index in [0.717, 1.165) is 30.6 Å². The van der Waals surface area contributed by atoms with Crippen LogP contribution in [0.4, 0.5) is 0 Å². The molecule has 1 unspecified atom stereocenters. The van der Waals surface area contributed by atoms with Gasteiger partial charge in [0, 0.05) is 17.5 Å². The summed E-state index contributed by atoms with van der Waals surface area (Å²) < 4.78 is 27.3. The Kier molecular flexibility index (Phi) is 6.28. The molecule has 1 rings (SSSR count). The van der Waals surface area contributed by atoms with Gasteiger partial charge in [-0.2, -0.15) is 0 Å². The molecule has 4 nitrogen and oxygen atoms in total. The van der Waals surface area contributed by atoms with Gasteiger partial charge >= 0.3 is 0 Å². The van der Waals surface area contributed by atoms with E-state index in [-0.39, 0.29) is 6.04 Å². The van der Waals surface area contributed by atoms with E-state index in [0.29, 0.717) is 10.8 Å². The molecule has 3 N–H and O–H groups in total.